The molecule has 0 spiro atoms. The lowest BCUT2D eigenvalue weighted by molar-refractivity contribution is 0.0464. The highest BCUT2D eigenvalue weighted by Crippen LogP contribution is 2.32. The molecule has 0 heterocycles. The second-order valence-electron chi connectivity index (χ2n) is 7.35. The van der Waals surface area contributed by atoms with E-state index in [-0.39, 0.29) is 39.4 Å². The lowest BCUT2D eigenvalue weighted by Crippen LogP contribution is -2.30. The monoisotopic (exact) mass is 611 g/mol. The fourth-order valence-corrected chi connectivity index (χ4v) is 3.06. The van der Waals surface area contributed by atoms with Crippen molar-refractivity contribution in [3.05, 3.63) is 78.6 Å². The molecule has 0 aliphatic rings. The number of hydrogen-bond donors (Lipinski definition) is 1. The third-order valence-corrected chi connectivity index (χ3v) is 4.87. The van der Waals surface area contributed by atoms with E-state index >= 15 is 0 Å². The van der Waals surface area contributed by atoms with Crippen LogP contribution < -0.4 is 5.32 Å². The molecular weight excluding hydrogens is 590 g/mol. The number of ether oxygens (including phenoxy) is 2. The Kier molecular flexibility index (Phi) is 14.7. The molecule has 2 aromatic carbocycles. The molecule has 228 valence electrons. The summed E-state index contributed by atoms with van der Waals surface area (Å²) in [6.07, 6.45) is -0.698. The molecule has 2 rings (SSSR count). The highest BCUT2D eigenvalue weighted by molar-refractivity contribution is 5.97. The minimum absolute atomic E-state index is 0.102. The number of ketones is 1. The quantitative estimate of drug-likeness (QED) is 0.0457. The zero-order valence-corrected chi connectivity index (χ0v) is 21.8. The average Bonchev–Trinajstić information content (AvgIpc) is 2.97. The van der Waals surface area contributed by atoms with Gasteiger partial charge in [-0.05, 0) is 17.5 Å². The first-order valence-corrected chi connectivity index (χ1v) is 11.8. The lowest BCUT2D eigenvalue weighted by Gasteiger charge is -2.10. The van der Waals surface area contributed by atoms with Crippen molar-refractivity contribution in [1.29, 1.82) is 0 Å². The maximum atomic E-state index is 14.0. The van der Waals surface area contributed by atoms with Crippen LogP contribution in [-0.4, -0.2) is 44.7 Å². The van der Waals surface area contributed by atoms with Gasteiger partial charge < -0.3 is 14.8 Å². The summed E-state index contributed by atoms with van der Waals surface area (Å²) < 4.78 is 121. The van der Waals surface area contributed by atoms with E-state index in [1.165, 1.54) is 0 Å². The Morgan fingerprint density at radius 2 is 1.07 bits per heavy atom. The molecule has 0 atom stereocenters. The highest BCUT2D eigenvalue weighted by Gasteiger charge is 2.29. The van der Waals surface area contributed by atoms with Crippen LogP contribution >= 0.6 is 0 Å². The van der Waals surface area contributed by atoms with Gasteiger partial charge in [0.05, 0.1) is 25.4 Å². The molecule has 0 aromatic heterocycles. The number of azide groups is 2. The molecular formula is C23H21F8N7O4. The van der Waals surface area contributed by atoms with Crippen molar-refractivity contribution >= 4 is 23.1 Å². The van der Waals surface area contributed by atoms with Crippen molar-refractivity contribution < 1.29 is 54.2 Å². The molecule has 0 radical (unpaired) electrons. The van der Waals surface area contributed by atoms with Gasteiger partial charge in [0.15, 0.2) is 52.3 Å². The number of nitrogens with one attached hydrogen (secondary N) is 1. The third-order valence-electron chi connectivity index (χ3n) is 4.87. The van der Waals surface area contributed by atoms with E-state index in [0.29, 0.717) is 0 Å². The SMILES string of the molecule is CC.[N-]=[N+]=Nc1c(F)c(F)c(C(=O)CCCOCCOCCNC(=O)c2c(F)c(F)c(N=[N+]=[N-])c(F)c2F)c(F)c1F. The Balaban J connectivity index is 0.00000431. The van der Waals surface area contributed by atoms with Gasteiger partial charge >= 0.3 is 0 Å². The number of halogens is 8. The van der Waals surface area contributed by atoms with Gasteiger partial charge in [-0.15, -0.1) is 0 Å². The van der Waals surface area contributed by atoms with Gasteiger partial charge in [0.1, 0.15) is 16.9 Å². The van der Waals surface area contributed by atoms with Crippen LogP contribution in [0.2, 0.25) is 0 Å². The number of carbonyl (C=O) groups is 2. The summed E-state index contributed by atoms with van der Waals surface area (Å²) in [5.74, 6) is -19.2. The Morgan fingerprint density at radius 3 is 1.50 bits per heavy atom. The van der Waals surface area contributed by atoms with Crippen LogP contribution in [0.1, 0.15) is 47.4 Å². The van der Waals surface area contributed by atoms with E-state index in [0.717, 1.165) is 0 Å². The normalized spacial score (nSPS) is 10.2. The Bertz CT molecular complexity index is 1250. The molecule has 0 aliphatic heterocycles. The number of amides is 1. The first-order chi connectivity index (χ1) is 20.0. The number of Topliss-reactive ketones (excluding diaryl/α,β-unsaturated/α-hetero) is 1. The predicted octanol–water partition coefficient (Wildman–Crippen LogP) is 7.14. The second kappa shape index (κ2) is 17.4. The van der Waals surface area contributed by atoms with E-state index in [1.807, 2.05) is 29.0 Å². The standard InChI is InChI=1S/C21H15F8N7O4.C2H6/c22-11-9(12(23)16(27)19(15(11)26)33-35-30)8(37)2-1-4-39-6-7-40-5-3-32-21(38)10-13(24)17(28)20(34-36-31)18(29)14(10)25;1-2/h1-7H2,(H,32,38);1-2H3. The van der Waals surface area contributed by atoms with Crippen molar-refractivity contribution in [2.45, 2.75) is 26.7 Å². The summed E-state index contributed by atoms with van der Waals surface area (Å²) in [4.78, 5) is 28.0. The van der Waals surface area contributed by atoms with Crippen LogP contribution in [0, 0.1) is 46.5 Å². The maximum absolute atomic E-state index is 14.0. The molecule has 19 heteroatoms. The fourth-order valence-electron chi connectivity index (χ4n) is 3.06. The zero-order valence-electron chi connectivity index (χ0n) is 21.8. The van der Waals surface area contributed by atoms with Gasteiger partial charge in [0.2, 0.25) is 0 Å². The second-order valence-corrected chi connectivity index (χ2v) is 7.35. The van der Waals surface area contributed by atoms with Crippen LogP contribution in [0.3, 0.4) is 0 Å². The topological polar surface area (TPSA) is 162 Å². The van der Waals surface area contributed by atoms with Crippen LogP contribution in [0.25, 0.3) is 20.9 Å². The first-order valence-electron chi connectivity index (χ1n) is 11.8. The van der Waals surface area contributed by atoms with Gasteiger partial charge in [-0.1, -0.05) is 24.1 Å². The largest absolute Gasteiger partial charge is 0.379 e. The van der Waals surface area contributed by atoms with E-state index < -0.39 is 87.2 Å². The number of rotatable bonds is 14. The van der Waals surface area contributed by atoms with Gasteiger partial charge in [-0.3, -0.25) is 9.59 Å². The summed E-state index contributed by atoms with van der Waals surface area (Å²) in [5.41, 5.74) is 10.2. The zero-order chi connectivity index (χ0) is 32.0. The molecule has 0 saturated heterocycles. The number of hydrogen-bond acceptors (Lipinski definition) is 6. The summed E-state index contributed by atoms with van der Waals surface area (Å²) in [5, 5.41) is 6.96. The maximum Gasteiger partial charge on any atom is 0.257 e. The van der Waals surface area contributed by atoms with Crippen LogP contribution in [0.5, 0.6) is 0 Å². The first kappa shape index (κ1) is 35.6. The molecule has 0 unspecified atom stereocenters. The Labute approximate surface area is 231 Å². The van der Waals surface area contributed by atoms with Crippen molar-refractivity contribution in [1.82, 2.24) is 5.32 Å². The van der Waals surface area contributed by atoms with Crippen LogP contribution in [0.4, 0.5) is 46.5 Å². The predicted molar refractivity (Wildman–Crippen MR) is 129 cm³/mol. The third kappa shape index (κ3) is 8.53. The van der Waals surface area contributed by atoms with Crippen LogP contribution in [-0.2, 0) is 9.47 Å². The van der Waals surface area contributed by atoms with E-state index in [1.54, 1.807) is 0 Å². The van der Waals surface area contributed by atoms with E-state index in [4.69, 9.17) is 20.5 Å². The summed E-state index contributed by atoms with van der Waals surface area (Å²) >= 11 is 0. The number of benzene rings is 2. The van der Waals surface area contributed by atoms with Gasteiger partial charge in [-0.2, -0.15) is 0 Å². The van der Waals surface area contributed by atoms with Crippen molar-refractivity contribution in [3.63, 3.8) is 0 Å². The Hall–Kier alpha value is -4.44. The minimum Gasteiger partial charge on any atom is -0.379 e. The molecule has 0 saturated carbocycles. The van der Waals surface area contributed by atoms with Crippen molar-refractivity contribution in [2.24, 2.45) is 10.2 Å². The summed E-state index contributed by atoms with van der Waals surface area (Å²) in [6.45, 7) is 3.02. The summed E-state index contributed by atoms with van der Waals surface area (Å²) in [7, 11) is 0. The summed E-state index contributed by atoms with van der Waals surface area (Å²) in [6, 6.07) is 0. The molecule has 11 nitrogen and oxygen atoms in total. The smallest absolute Gasteiger partial charge is 0.257 e. The molecule has 0 aliphatic carbocycles. The number of nitrogens with zero attached hydrogens (tertiary/aromatic N) is 6. The van der Waals surface area contributed by atoms with Crippen molar-refractivity contribution in [3.8, 4) is 0 Å². The Morgan fingerprint density at radius 1 is 0.667 bits per heavy atom. The van der Waals surface area contributed by atoms with Gasteiger partial charge in [-0.25, -0.2) is 35.1 Å². The molecule has 2 aromatic rings. The average molecular weight is 611 g/mol. The lowest BCUT2D eigenvalue weighted by atomic mass is 10.0. The van der Waals surface area contributed by atoms with Gasteiger partial charge in [0.25, 0.3) is 5.91 Å². The molecule has 42 heavy (non-hydrogen) atoms. The van der Waals surface area contributed by atoms with Crippen molar-refractivity contribution in [2.75, 3.05) is 33.0 Å². The molecule has 1 N–H and O–H groups in total. The molecule has 1 amide bonds. The number of carbonyl (C=O) groups excluding carboxylic acids is 2. The van der Waals surface area contributed by atoms with E-state index in [2.05, 4.69) is 10.2 Å². The fraction of sp³-hybridized carbons (Fsp3) is 0.391. The van der Waals surface area contributed by atoms with Gasteiger partial charge in [0, 0.05) is 29.4 Å². The highest BCUT2D eigenvalue weighted by atomic mass is 19.2. The molecule has 0 fully saturated rings. The minimum atomic E-state index is -2.07. The van der Waals surface area contributed by atoms with E-state index in [9.17, 15) is 44.7 Å². The van der Waals surface area contributed by atoms with Crippen LogP contribution in [0.15, 0.2) is 10.2 Å². The molecule has 0 bridgehead atoms.